The van der Waals surface area contributed by atoms with Gasteiger partial charge in [0.2, 0.25) is 0 Å². The van der Waals surface area contributed by atoms with Gasteiger partial charge in [-0.05, 0) is 54.7 Å². The number of nitrogens with two attached hydrogens (primary N) is 1. The minimum absolute atomic E-state index is 0.858. The second-order valence-corrected chi connectivity index (χ2v) is 6.45. The lowest BCUT2D eigenvalue weighted by Crippen LogP contribution is -2.42. The Labute approximate surface area is 109 Å². The van der Waals surface area contributed by atoms with Crippen LogP contribution in [0.2, 0.25) is 0 Å². The van der Waals surface area contributed by atoms with Gasteiger partial charge in [-0.25, -0.2) is 0 Å². The molecule has 0 saturated heterocycles. The highest BCUT2D eigenvalue weighted by molar-refractivity contribution is 5.51. The first-order valence-corrected chi connectivity index (χ1v) is 7.41. The van der Waals surface area contributed by atoms with Crippen molar-refractivity contribution in [3.63, 3.8) is 0 Å². The van der Waals surface area contributed by atoms with Crippen molar-refractivity contribution < 1.29 is 0 Å². The summed E-state index contributed by atoms with van der Waals surface area (Å²) in [6, 6.07) is 7.27. The van der Waals surface area contributed by atoms with E-state index in [1.54, 1.807) is 0 Å². The first kappa shape index (κ1) is 10.9. The lowest BCUT2D eigenvalue weighted by molar-refractivity contribution is 0.128. The van der Waals surface area contributed by atoms with E-state index in [4.69, 9.17) is 5.73 Å². The summed E-state index contributed by atoms with van der Waals surface area (Å²) in [5.41, 5.74) is 10.0. The number of hydrogen-bond acceptors (Lipinski definition) is 2. The molecule has 2 heteroatoms. The number of fused-ring (bicyclic) bond motifs is 3. The summed E-state index contributed by atoms with van der Waals surface area (Å²) in [6.07, 6.45) is 7.11. The number of nitrogen functional groups attached to an aromatic ring is 1. The van der Waals surface area contributed by atoms with Gasteiger partial charge in [-0.2, -0.15) is 0 Å². The van der Waals surface area contributed by atoms with Crippen LogP contribution in [0.3, 0.4) is 0 Å². The molecular weight excluding hydrogens is 220 g/mol. The van der Waals surface area contributed by atoms with E-state index in [0.717, 1.165) is 30.1 Å². The van der Waals surface area contributed by atoms with Crippen molar-refractivity contribution in [3.05, 3.63) is 29.3 Å². The summed E-state index contributed by atoms with van der Waals surface area (Å²) in [6.45, 7) is 2.33. The van der Waals surface area contributed by atoms with Gasteiger partial charge in [0.05, 0.1) is 0 Å². The monoisotopic (exact) mass is 242 g/mol. The molecule has 2 bridgehead atoms. The highest BCUT2D eigenvalue weighted by atomic mass is 15.2. The maximum Gasteiger partial charge on any atom is 0.0362 e. The lowest BCUT2D eigenvalue weighted by Gasteiger charge is -2.38. The van der Waals surface area contributed by atoms with Crippen LogP contribution in [0.25, 0.3) is 0 Å². The molecule has 3 atom stereocenters. The van der Waals surface area contributed by atoms with E-state index in [0.29, 0.717) is 0 Å². The second kappa shape index (κ2) is 3.99. The smallest absolute Gasteiger partial charge is 0.0362 e. The number of nitrogens with zero attached hydrogens (tertiary/aromatic N) is 1. The van der Waals surface area contributed by atoms with Gasteiger partial charge in [0.25, 0.3) is 0 Å². The zero-order chi connectivity index (χ0) is 12.1. The van der Waals surface area contributed by atoms with Crippen molar-refractivity contribution in [2.24, 2.45) is 11.8 Å². The summed E-state index contributed by atoms with van der Waals surface area (Å²) in [5.74, 6) is 2.02. The maximum absolute atomic E-state index is 6.15. The fourth-order valence-corrected chi connectivity index (χ4v) is 4.57. The molecule has 4 rings (SSSR count). The van der Waals surface area contributed by atoms with Gasteiger partial charge in [0.1, 0.15) is 0 Å². The van der Waals surface area contributed by atoms with Crippen LogP contribution in [-0.2, 0) is 13.0 Å². The Morgan fingerprint density at radius 3 is 2.89 bits per heavy atom. The van der Waals surface area contributed by atoms with Crippen LogP contribution in [-0.4, -0.2) is 17.5 Å². The van der Waals surface area contributed by atoms with Crippen LogP contribution >= 0.6 is 0 Å². The zero-order valence-electron chi connectivity index (χ0n) is 10.9. The van der Waals surface area contributed by atoms with Crippen molar-refractivity contribution >= 4 is 5.69 Å². The molecule has 1 heterocycles. The molecule has 1 aliphatic heterocycles. The van der Waals surface area contributed by atoms with Crippen molar-refractivity contribution in [1.29, 1.82) is 0 Å². The van der Waals surface area contributed by atoms with Gasteiger partial charge in [-0.3, -0.25) is 4.90 Å². The number of rotatable bonds is 1. The normalized spacial score (nSPS) is 34.8. The number of anilines is 1. The Morgan fingerprint density at radius 2 is 2.11 bits per heavy atom. The fourth-order valence-electron chi connectivity index (χ4n) is 4.57. The Kier molecular flexibility index (Phi) is 2.41. The first-order chi connectivity index (χ1) is 8.81. The summed E-state index contributed by atoms with van der Waals surface area (Å²) < 4.78 is 0. The summed E-state index contributed by atoms with van der Waals surface area (Å²) in [7, 11) is 0. The average molecular weight is 242 g/mol. The number of hydrogen-bond donors (Lipinski definition) is 1. The highest BCUT2D eigenvalue weighted by Gasteiger charge is 2.42. The van der Waals surface area contributed by atoms with Crippen molar-refractivity contribution in [2.45, 2.75) is 44.7 Å². The van der Waals surface area contributed by atoms with Crippen LogP contribution in [0.1, 0.15) is 36.8 Å². The Hall–Kier alpha value is -1.02. The molecule has 96 valence electrons. The highest BCUT2D eigenvalue weighted by Crippen LogP contribution is 2.47. The first-order valence-electron chi connectivity index (χ1n) is 7.41. The standard InChI is InChI=1S/C16H22N2/c17-15-3-1-2-12-6-7-18(10-14(12)15)16-9-11-4-5-13(16)8-11/h1-3,11,13,16H,4-10,17H2. The molecule has 1 aromatic rings. The molecule has 1 aromatic carbocycles. The van der Waals surface area contributed by atoms with E-state index in [1.807, 2.05) is 0 Å². The van der Waals surface area contributed by atoms with Crippen LogP contribution in [0.4, 0.5) is 5.69 Å². The number of benzene rings is 1. The van der Waals surface area contributed by atoms with Gasteiger partial charge < -0.3 is 5.73 Å². The molecule has 2 aliphatic carbocycles. The zero-order valence-corrected chi connectivity index (χ0v) is 10.9. The molecular formula is C16H22N2. The van der Waals surface area contributed by atoms with Crippen LogP contribution in [0.5, 0.6) is 0 Å². The van der Waals surface area contributed by atoms with E-state index in [1.165, 1.54) is 49.8 Å². The molecule has 2 fully saturated rings. The molecule has 2 nitrogen and oxygen atoms in total. The molecule has 3 aliphatic rings. The fraction of sp³-hybridized carbons (Fsp3) is 0.625. The maximum atomic E-state index is 6.15. The van der Waals surface area contributed by atoms with E-state index >= 15 is 0 Å². The Bertz CT molecular complexity index is 468. The molecule has 0 amide bonds. The SMILES string of the molecule is Nc1cccc2c1CN(C1CC3CCC1C3)CC2. The second-order valence-electron chi connectivity index (χ2n) is 6.45. The van der Waals surface area contributed by atoms with Gasteiger partial charge >= 0.3 is 0 Å². The summed E-state index contributed by atoms with van der Waals surface area (Å²) in [5, 5.41) is 0. The quantitative estimate of drug-likeness (QED) is 0.767. The van der Waals surface area contributed by atoms with E-state index in [9.17, 15) is 0 Å². The Balaban J connectivity index is 1.58. The van der Waals surface area contributed by atoms with Gasteiger partial charge in [0, 0.05) is 24.8 Å². The third kappa shape index (κ3) is 1.58. The van der Waals surface area contributed by atoms with Gasteiger partial charge in [-0.1, -0.05) is 18.6 Å². The molecule has 0 aromatic heterocycles. The minimum atomic E-state index is 0.858. The van der Waals surface area contributed by atoms with E-state index in [2.05, 4.69) is 23.1 Å². The molecule has 18 heavy (non-hydrogen) atoms. The molecule has 2 saturated carbocycles. The Morgan fingerprint density at radius 1 is 1.17 bits per heavy atom. The molecule has 2 N–H and O–H groups in total. The third-order valence-corrected chi connectivity index (χ3v) is 5.51. The van der Waals surface area contributed by atoms with Gasteiger partial charge in [-0.15, -0.1) is 0 Å². The summed E-state index contributed by atoms with van der Waals surface area (Å²) in [4.78, 5) is 2.72. The summed E-state index contributed by atoms with van der Waals surface area (Å²) >= 11 is 0. The lowest BCUT2D eigenvalue weighted by atomic mass is 9.90. The topological polar surface area (TPSA) is 29.3 Å². The molecule has 3 unspecified atom stereocenters. The average Bonchev–Trinajstić information content (AvgIpc) is 3.01. The van der Waals surface area contributed by atoms with E-state index in [-0.39, 0.29) is 0 Å². The van der Waals surface area contributed by atoms with Crippen LogP contribution in [0.15, 0.2) is 18.2 Å². The molecule has 0 radical (unpaired) electrons. The minimum Gasteiger partial charge on any atom is -0.398 e. The van der Waals surface area contributed by atoms with Crippen LogP contribution < -0.4 is 5.73 Å². The third-order valence-electron chi connectivity index (χ3n) is 5.51. The van der Waals surface area contributed by atoms with Crippen molar-refractivity contribution in [2.75, 3.05) is 12.3 Å². The van der Waals surface area contributed by atoms with Gasteiger partial charge in [0.15, 0.2) is 0 Å². The predicted octanol–water partition coefficient (Wildman–Crippen LogP) is 2.82. The largest absolute Gasteiger partial charge is 0.398 e. The van der Waals surface area contributed by atoms with Crippen LogP contribution in [0, 0.1) is 11.8 Å². The van der Waals surface area contributed by atoms with E-state index < -0.39 is 0 Å². The predicted molar refractivity (Wildman–Crippen MR) is 74.2 cm³/mol. The molecule has 0 spiro atoms. The van der Waals surface area contributed by atoms with Crippen molar-refractivity contribution in [1.82, 2.24) is 4.90 Å². The van der Waals surface area contributed by atoms with Crippen molar-refractivity contribution in [3.8, 4) is 0 Å².